The van der Waals surface area contributed by atoms with Crippen molar-refractivity contribution in [1.29, 1.82) is 0 Å². The van der Waals surface area contributed by atoms with Gasteiger partial charge in [-0.05, 0) is 26.0 Å². The fourth-order valence-corrected chi connectivity index (χ4v) is 3.10. The first-order valence-electron chi connectivity index (χ1n) is 7.99. The predicted octanol–water partition coefficient (Wildman–Crippen LogP) is 2.49. The number of furan rings is 1. The van der Waals surface area contributed by atoms with Crippen LogP contribution < -0.4 is 10.6 Å². The molecule has 13 heteroatoms. The second-order valence-corrected chi connectivity index (χ2v) is 6.45. The van der Waals surface area contributed by atoms with Gasteiger partial charge in [0.15, 0.2) is 10.9 Å². The molecule has 0 radical (unpaired) electrons. The van der Waals surface area contributed by atoms with Gasteiger partial charge < -0.3 is 24.5 Å². The number of halogens is 3. The van der Waals surface area contributed by atoms with Crippen molar-refractivity contribution in [3.8, 4) is 0 Å². The van der Waals surface area contributed by atoms with Crippen LogP contribution in [0.4, 0.5) is 18.3 Å². The number of rotatable bonds is 7. The number of thiazole rings is 1. The van der Waals surface area contributed by atoms with Crippen LogP contribution in [0.3, 0.4) is 0 Å². The Balaban J connectivity index is 2.47. The van der Waals surface area contributed by atoms with E-state index in [4.69, 9.17) is 9.15 Å². The first kappa shape index (κ1) is 22.2. The van der Waals surface area contributed by atoms with E-state index in [2.05, 4.69) is 9.72 Å². The lowest BCUT2D eigenvalue weighted by molar-refractivity contribution is -0.203. The molecule has 2 aromatic rings. The first-order valence-corrected chi connectivity index (χ1v) is 8.81. The summed E-state index contributed by atoms with van der Waals surface area (Å²) >= 11 is 0.524. The predicted molar refractivity (Wildman–Crippen MR) is 93.4 cm³/mol. The molecular weight excluding hydrogens is 419 g/mol. The highest BCUT2D eigenvalue weighted by Crippen LogP contribution is 2.35. The number of alkyl halides is 3. The van der Waals surface area contributed by atoms with Crippen molar-refractivity contribution in [3.05, 3.63) is 34.7 Å². The molecule has 0 unspecified atom stereocenters. The van der Waals surface area contributed by atoms with Crippen LogP contribution in [0.15, 0.2) is 22.8 Å². The van der Waals surface area contributed by atoms with Crippen molar-refractivity contribution in [2.75, 3.05) is 19.0 Å². The standard InChI is InChI=1S/C16H16F3N3O6S/c1-4-27-12(24)10-8(2)20-14(29-10)22-15(13(25)26-3,16(17,18)19)21-11(23)9-6-5-7-28-9/h5-7H,4H2,1-3H3,(H,20,22)(H,21,23)/t15-/m1/s1. The highest BCUT2D eigenvalue weighted by atomic mass is 32.1. The maximum atomic E-state index is 14.0. The molecule has 0 bridgehead atoms. The van der Waals surface area contributed by atoms with Crippen LogP contribution in [0.5, 0.6) is 0 Å². The molecule has 2 heterocycles. The molecule has 1 atom stereocenters. The van der Waals surface area contributed by atoms with Crippen molar-refractivity contribution < 1.29 is 41.4 Å². The van der Waals surface area contributed by atoms with Crippen LogP contribution in [0.2, 0.25) is 0 Å². The van der Waals surface area contributed by atoms with Gasteiger partial charge in [0.1, 0.15) is 4.88 Å². The summed E-state index contributed by atoms with van der Waals surface area (Å²) in [7, 11) is 0.723. The summed E-state index contributed by atoms with van der Waals surface area (Å²) in [4.78, 5) is 40.0. The number of carbonyl (C=O) groups is 3. The molecule has 0 aliphatic carbocycles. The third kappa shape index (κ3) is 4.50. The topological polar surface area (TPSA) is 120 Å². The Morgan fingerprint density at radius 3 is 2.52 bits per heavy atom. The summed E-state index contributed by atoms with van der Waals surface area (Å²) < 4.78 is 55.7. The van der Waals surface area contributed by atoms with Crippen molar-refractivity contribution in [3.63, 3.8) is 0 Å². The molecule has 9 nitrogen and oxygen atoms in total. The minimum atomic E-state index is -5.36. The van der Waals surface area contributed by atoms with Crippen molar-refractivity contribution in [2.24, 2.45) is 0 Å². The van der Waals surface area contributed by atoms with Gasteiger partial charge in [-0.2, -0.15) is 13.2 Å². The lowest BCUT2D eigenvalue weighted by Crippen LogP contribution is -2.69. The summed E-state index contributed by atoms with van der Waals surface area (Å²) in [5, 5.41) is 2.96. The number of nitrogens with one attached hydrogen (secondary N) is 2. The van der Waals surface area contributed by atoms with Gasteiger partial charge in [0.2, 0.25) is 0 Å². The average Bonchev–Trinajstić information content (AvgIpc) is 3.29. The van der Waals surface area contributed by atoms with Crippen LogP contribution >= 0.6 is 11.3 Å². The van der Waals surface area contributed by atoms with Crippen LogP contribution in [0, 0.1) is 6.92 Å². The zero-order valence-corrected chi connectivity index (χ0v) is 16.2. The molecule has 2 rings (SSSR count). The van der Waals surface area contributed by atoms with E-state index in [-0.39, 0.29) is 17.2 Å². The minimum Gasteiger partial charge on any atom is -0.466 e. The molecule has 0 aromatic carbocycles. The zero-order chi connectivity index (χ0) is 21.8. The van der Waals surface area contributed by atoms with Gasteiger partial charge in [-0.15, -0.1) is 0 Å². The number of anilines is 1. The Bertz CT molecular complexity index is 896. The number of amides is 1. The third-order valence-corrected chi connectivity index (χ3v) is 4.57. The maximum Gasteiger partial charge on any atom is 0.442 e. The second kappa shape index (κ2) is 8.51. The summed E-state index contributed by atoms with van der Waals surface area (Å²) in [6.45, 7) is 2.99. The molecule has 2 aromatic heterocycles. The summed E-state index contributed by atoms with van der Waals surface area (Å²) in [6, 6.07) is 2.39. The molecule has 0 saturated carbocycles. The van der Waals surface area contributed by atoms with E-state index < -0.39 is 40.6 Å². The van der Waals surface area contributed by atoms with Gasteiger partial charge in [-0.25, -0.2) is 14.6 Å². The van der Waals surface area contributed by atoms with Gasteiger partial charge in [-0.1, -0.05) is 11.3 Å². The van der Waals surface area contributed by atoms with E-state index >= 15 is 0 Å². The number of esters is 2. The lowest BCUT2D eigenvalue weighted by atomic mass is 10.1. The normalized spacial score (nSPS) is 13.3. The maximum absolute atomic E-state index is 14.0. The van der Waals surface area contributed by atoms with Crippen LogP contribution in [-0.4, -0.2) is 48.4 Å². The van der Waals surface area contributed by atoms with Gasteiger partial charge in [-0.3, -0.25) is 4.79 Å². The van der Waals surface area contributed by atoms with E-state index in [1.807, 2.05) is 5.32 Å². The number of aryl methyl sites for hydroxylation is 1. The largest absolute Gasteiger partial charge is 0.466 e. The van der Waals surface area contributed by atoms with Crippen molar-refractivity contribution in [1.82, 2.24) is 10.3 Å². The monoisotopic (exact) mass is 435 g/mol. The highest BCUT2D eigenvalue weighted by molar-refractivity contribution is 7.17. The van der Waals surface area contributed by atoms with Crippen LogP contribution in [0.1, 0.15) is 32.8 Å². The summed E-state index contributed by atoms with van der Waals surface area (Å²) in [5.41, 5.74) is -3.61. The van der Waals surface area contributed by atoms with E-state index in [1.54, 1.807) is 12.2 Å². The first-order chi connectivity index (χ1) is 13.6. The molecule has 0 fully saturated rings. The van der Waals surface area contributed by atoms with Crippen molar-refractivity contribution in [2.45, 2.75) is 25.7 Å². The zero-order valence-electron chi connectivity index (χ0n) is 15.4. The SMILES string of the molecule is CCOC(=O)c1sc(N[C@](NC(=O)c2ccco2)(C(=O)OC)C(F)(F)F)nc1C. The Kier molecular flexibility index (Phi) is 6.51. The number of ether oxygens (including phenoxy) is 2. The minimum absolute atomic E-state index is 0.0484. The summed E-state index contributed by atoms with van der Waals surface area (Å²) in [6.07, 6.45) is -4.28. The van der Waals surface area contributed by atoms with Crippen LogP contribution in [-0.2, 0) is 14.3 Å². The Morgan fingerprint density at radius 1 is 1.31 bits per heavy atom. The van der Waals surface area contributed by atoms with E-state index in [0.717, 1.165) is 19.4 Å². The number of nitrogens with zero attached hydrogens (tertiary/aromatic N) is 1. The molecular formula is C16H16F3N3O6S. The molecule has 0 aliphatic rings. The third-order valence-electron chi connectivity index (χ3n) is 3.51. The molecule has 0 aliphatic heterocycles. The Hall–Kier alpha value is -3.09. The van der Waals surface area contributed by atoms with Gasteiger partial charge in [0.25, 0.3) is 5.91 Å². The van der Waals surface area contributed by atoms with Gasteiger partial charge in [0, 0.05) is 0 Å². The van der Waals surface area contributed by atoms with E-state index in [0.29, 0.717) is 11.3 Å². The van der Waals surface area contributed by atoms with Gasteiger partial charge >= 0.3 is 23.8 Å². The van der Waals surface area contributed by atoms with Gasteiger partial charge in [0.05, 0.1) is 25.7 Å². The number of hydrogen-bond acceptors (Lipinski definition) is 9. The molecule has 0 spiro atoms. The summed E-state index contributed by atoms with van der Waals surface area (Å²) in [5.74, 6) is -4.43. The fraction of sp³-hybridized carbons (Fsp3) is 0.375. The average molecular weight is 435 g/mol. The number of methoxy groups -OCH3 is 1. The number of aromatic nitrogens is 1. The smallest absolute Gasteiger partial charge is 0.442 e. The fourth-order valence-electron chi connectivity index (χ4n) is 2.18. The number of hydrogen-bond donors (Lipinski definition) is 2. The second-order valence-electron chi connectivity index (χ2n) is 5.45. The van der Waals surface area contributed by atoms with Crippen molar-refractivity contribution >= 4 is 34.3 Å². The Labute approximate surface area is 166 Å². The molecule has 2 N–H and O–H groups in total. The van der Waals surface area contributed by atoms with Crippen LogP contribution in [0.25, 0.3) is 0 Å². The quantitative estimate of drug-likeness (QED) is 0.503. The molecule has 0 saturated heterocycles. The molecule has 158 valence electrons. The Morgan fingerprint density at radius 2 is 2.00 bits per heavy atom. The lowest BCUT2D eigenvalue weighted by Gasteiger charge is -2.33. The van der Waals surface area contributed by atoms with E-state index in [1.165, 1.54) is 13.0 Å². The highest BCUT2D eigenvalue weighted by Gasteiger charge is 2.64. The van der Waals surface area contributed by atoms with E-state index in [9.17, 15) is 27.6 Å². The molecule has 1 amide bonds. The number of carbonyl (C=O) groups excluding carboxylic acids is 3. The molecule has 29 heavy (non-hydrogen) atoms.